The first kappa shape index (κ1) is 29.6. The van der Waals surface area contributed by atoms with E-state index in [1.165, 1.54) is 36.7 Å². The summed E-state index contributed by atoms with van der Waals surface area (Å²) >= 11 is 0. The van der Waals surface area contributed by atoms with Gasteiger partial charge in [-0.1, -0.05) is 83.2 Å². The molecule has 1 aromatic heterocycles. The summed E-state index contributed by atoms with van der Waals surface area (Å²) in [6.07, 6.45) is 11.2. The highest BCUT2D eigenvalue weighted by Gasteiger charge is 2.49. The second-order valence-electron chi connectivity index (χ2n) is 13.5. The van der Waals surface area contributed by atoms with Gasteiger partial charge in [0.2, 0.25) is 5.91 Å². The van der Waals surface area contributed by atoms with Crippen LogP contribution in [0.4, 0.5) is 0 Å². The zero-order chi connectivity index (χ0) is 29.2. The van der Waals surface area contributed by atoms with Gasteiger partial charge in [-0.15, -0.1) is 0 Å². The average molecular weight is 562 g/mol. The Morgan fingerprint density at radius 3 is 2.32 bits per heavy atom. The minimum atomic E-state index is -1.21. The molecule has 1 aliphatic carbocycles. The summed E-state index contributed by atoms with van der Waals surface area (Å²) in [6.45, 7) is 8.43. The molecule has 3 aliphatic rings. The smallest absolute Gasteiger partial charge is 0.255 e. The third-order valence-electron chi connectivity index (χ3n) is 10.1. The number of hydrogen-bond donors (Lipinski definition) is 1. The molecule has 0 spiro atoms. The van der Waals surface area contributed by atoms with Crippen LogP contribution in [0, 0.1) is 17.3 Å². The van der Waals surface area contributed by atoms with Crippen molar-refractivity contribution in [3.8, 4) is 11.1 Å². The first-order chi connectivity index (χ1) is 19.6. The number of piperidine rings is 1. The standard InChI is InChI=1S/C34H47N3O4/c1-25(20-26-12-6-4-7-13-26)31(39)36-19-16-34(41,33(2,3)23-36)24-37-22-29(32(40)35-17-10-11-18-35)28(21-30(37)38)27-14-8-5-9-15-27/h5,8-9,14-15,21-22,25-26,41H,4,6-7,10-13,16-20,23-24H2,1-3H3/t25?,34-/m1/s1. The first-order valence-corrected chi connectivity index (χ1v) is 15.7. The maximum atomic E-state index is 13.6. The predicted molar refractivity (Wildman–Crippen MR) is 162 cm³/mol. The second-order valence-corrected chi connectivity index (χ2v) is 13.5. The minimum absolute atomic E-state index is 0.0209. The summed E-state index contributed by atoms with van der Waals surface area (Å²) in [5.74, 6) is 0.718. The number of likely N-dealkylation sites (tertiary alicyclic amines) is 2. The van der Waals surface area contributed by atoms with E-state index in [2.05, 4.69) is 6.92 Å². The van der Waals surface area contributed by atoms with Crippen molar-refractivity contribution in [1.29, 1.82) is 0 Å². The van der Waals surface area contributed by atoms with Gasteiger partial charge in [-0.25, -0.2) is 0 Å². The van der Waals surface area contributed by atoms with Gasteiger partial charge in [0, 0.05) is 55.3 Å². The molecule has 222 valence electrons. The Labute approximate surface area is 244 Å². The van der Waals surface area contributed by atoms with E-state index < -0.39 is 11.0 Å². The molecule has 2 aromatic rings. The van der Waals surface area contributed by atoms with E-state index >= 15 is 0 Å². The average Bonchev–Trinajstić information content (AvgIpc) is 3.51. The summed E-state index contributed by atoms with van der Waals surface area (Å²) in [4.78, 5) is 44.3. The van der Waals surface area contributed by atoms with Crippen LogP contribution in [0.5, 0.6) is 0 Å². The molecule has 2 saturated heterocycles. The Balaban J connectivity index is 1.36. The van der Waals surface area contributed by atoms with Crippen molar-refractivity contribution < 1.29 is 14.7 Å². The second kappa shape index (κ2) is 12.1. The molecule has 7 heteroatoms. The van der Waals surface area contributed by atoms with Crippen molar-refractivity contribution in [3.63, 3.8) is 0 Å². The van der Waals surface area contributed by atoms with E-state index in [0.29, 0.717) is 49.6 Å². The number of rotatable bonds is 7. The van der Waals surface area contributed by atoms with Crippen LogP contribution in [0.25, 0.3) is 11.1 Å². The van der Waals surface area contributed by atoms with Crippen LogP contribution in [0.15, 0.2) is 47.4 Å². The SMILES string of the molecule is CC(CC1CCCCC1)C(=O)N1CC[C@@](O)(Cn2cc(C(=O)N3CCCC3)c(-c3ccccc3)cc2=O)C(C)(C)C1. The molecule has 1 unspecified atom stereocenters. The zero-order valence-electron chi connectivity index (χ0n) is 25.1. The molecule has 1 aromatic carbocycles. The van der Waals surface area contributed by atoms with Crippen LogP contribution in [0.1, 0.15) is 88.9 Å². The highest BCUT2D eigenvalue weighted by atomic mass is 16.3. The van der Waals surface area contributed by atoms with E-state index in [1.54, 1.807) is 12.3 Å². The summed E-state index contributed by atoms with van der Waals surface area (Å²) in [7, 11) is 0. The van der Waals surface area contributed by atoms with E-state index in [-0.39, 0.29) is 29.8 Å². The highest BCUT2D eigenvalue weighted by Crippen LogP contribution is 2.41. The number of benzene rings is 1. The maximum absolute atomic E-state index is 13.6. The van der Waals surface area contributed by atoms with Crippen molar-refractivity contribution in [3.05, 3.63) is 58.5 Å². The van der Waals surface area contributed by atoms with Crippen LogP contribution in [-0.4, -0.2) is 63.1 Å². The van der Waals surface area contributed by atoms with Gasteiger partial charge in [0.25, 0.3) is 11.5 Å². The van der Waals surface area contributed by atoms with E-state index in [0.717, 1.165) is 24.8 Å². The summed E-state index contributed by atoms with van der Waals surface area (Å²) in [6, 6.07) is 11.1. The van der Waals surface area contributed by atoms with Gasteiger partial charge in [0.05, 0.1) is 17.7 Å². The van der Waals surface area contributed by atoms with Crippen molar-refractivity contribution in [2.75, 3.05) is 26.2 Å². The summed E-state index contributed by atoms with van der Waals surface area (Å²) in [5.41, 5.74) is -0.145. The minimum Gasteiger partial charge on any atom is -0.387 e. The fourth-order valence-electron chi connectivity index (χ4n) is 7.27. The molecule has 2 aliphatic heterocycles. The van der Waals surface area contributed by atoms with Gasteiger partial charge in [-0.3, -0.25) is 14.4 Å². The molecule has 5 rings (SSSR count). The van der Waals surface area contributed by atoms with Crippen molar-refractivity contribution in [2.24, 2.45) is 17.3 Å². The fraction of sp³-hybridized carbons (Fsp3) is 0.618. The molecule has 0 bridgehead atoms. The summed E-state index contributed by atoms with van der Waals surface area (Å²) in [5, 5.41) is 12.0. The lowest BCUT2D eigenvalue weighted by molar-refractivity contribution is -0.157. The molecule has 3 heterocycles. The molecule has 2 atom stereocenters. The van der Waals surface area contributed by atoms with Gasteiger partial charge in [-0.2, -0.15) is 0 Å². The maximum Gasteiger partial charge on any atom is 0.255 e. The largest absolute Gasteiger partial charge is 0.387 e. The normalized spacial score (nSPS) is 23.9. The van der Waals surface area contributed by atoms with Gasteiger partial charge >= 0.3 is 0 Å². The van der Waals surface area contributed by atoms with E-state index in [4.69, 9.17) is 0 Å². The Kier molecular flexibility index (Phi) is 8.74. The third kappa shape index (κ3) is 6.30. The molecular weight excluding hydrogens is 514 g/mol. The topological polar surface area (TPSA) is 82.8 Å². The molecule has 0 radical (unpaired) electrons. The molecular formula is C34H47N3O4. The number of hydrogen-bond acceptors (Lipinski definition) is 4. The van der Waals surface area contributed by atoms with E-state index in [9.17, 15) is 19.5 Å². The Hall–Kier alpha value is -2.93. The number of nitrogens with zero attached hydrogens (tertiary/aromatic N) is 3. The molecule has 1 N–H and O–H groups in total. The Morgan fingerprint density at radius 1 is 0.976 bits per heavy atom. The Morgan fingerprint density at radius 2 is 1.66 bits per heavy atom. The van der Waals surface area contributed by atoms with E-state index in [1.807, 2.05) is 54.0 Å². The Bertz CT molecular complexity index is 1290. The van der Waals surface area contributed by atoms with Crippen molar-refractivity contribution >= 4 is 11.8 Å². The number of amides is 2. The third-order valence-corrected chi connectivity index (χ3v) is 10.1. The van der Waals surface area contributed by atoms with Crippen molar-refractivity contribution in [1.82, 2.24) is 14.4 Å². The quantitative estimate of drug-likeness (QED) is 0.494. The number of aliphatic hydroxyl groups is 1. The van der Waals surface area contributed by atoms with Crippen LogP contribution in [0.3, 0.4) is 0 Å². The molecule has 3 fully saturated rings. The number of aromatic nitrogens is 1. The lowest BCUT2D eigenvalue weighted by Gasteiger charge is -2.51. The number of pyridine rings is 1. The number of carbonyl (C=O) groups excluding carboxylic acids is 2. The molecule has 41 heavy (non-hydrogen) atoms. The lowest BCUT2D eigenvalue weighted by Crippen LogP contribution is -2.61. The van der Waals surface area contributed by atoms with Crippen LogP contribution < -0.4 is 5.56 Å². The van der Waals surface area contributed by atoms with Crippen LogP contribution in [0.2, 0.25) is 0 Å². The molecule has 1 saturated carbocycles. The monoisotopic (exact) mass is 561 g/mol. The zero-order valence-corrected chi connectivity index (χ0v) is 25.1. The van der Waals surface area contributed by atoms with Crippen LogP contribution >= 0.6 is 0 Å². The highest BCUT2D eigenvalue weighted by molar-refractivity contribution is 6.00. The van der Waals surface area contributed by atoms with Crippen molar-refractivity contribution in [2.45, 2.75) is 90.7 Å². The predicted octanol–water partition coefficient (Wildman–Crippen LogP) is 5.35. The van der Waals surface area contributed by atoms with Gasteiger partial charge in [0.15, 0.2) is 0 Å². The van der Waals surface area contributed by atoms with Gasteiger partial charge < -0.3 is 19.5 Å². The number of carbonyl (C=O) groups is 2. The first-order valence-electron chi connectivity index (χ1n) is 15.7. The lowest BCUT2D eigenvalue weighted by atomic mass is 9.69. The van der Waals surface area contributed by atoms with Gasteiger partial charge in [-0.05, 0) is 37.2 Å². The molecule has 2 amide bonds. The molecule has 7 nitrogen and oxygen atoms in total. The summed E-state index contributed by atoms with van der Waals surface area (Å²) < 4.78 is 1.51. The van der Waals surface area contributed by atoms with Crippen LogP contribution in [-0.2, 0) is 11.3 Å². The fourth-order valence-corrected chi connectivity index (χ4v) is 7.27. The van der Waals surface area contributed by atoms with Gasteiger partial charge in [0.1, 0.15) is 0 Å².